The van der Waals surface area contributed by atoms with Crippen LogP contribution >= 0.6 is 0 Å². The second-order valence-corrected chi connectivity index (χ2v) is 7.96. The molecule has 28 heavy (non-hydrogen) atoms. The number of amides is 1. The van der Waals surface area contributed by atoms with Crippen LogP contribution in [0.25, 0.3) is 0 Å². The summed E-state index contributed by atoms with van der Waals surface area (Å²) in [4.78, 5) is 25.1. The van der Waals surface area contributed by atoms with Crippen molar-refractivity contribution in [3.05, 3.63) is 52.0 Å². The molecule has 0 unspecified atom stereocenters. The molecule has 6 nitrogen and oxygen atoms in total. The highest BCUT2D eigenvalue weighted by molar-refractivity contribution is 5.90. The van der Waals surface area contributed by atoms with E-state index in [-0.39, 0.29) is 11.7 Å². The van der Waals surface area contributed by atoms with Crippen molar-refractivity contribution in [2.24, 2.45) is 0 Å². The molecule has 0 bridgehead atoms. The van der Waals surface area contributed by atoms with E-state index in [9.17, 15) is 4.79 Å². The molecule has 3 rings (SSSR count). The molecule has 6 heteroatoms. The molecular weight excluding hydrogens is 350 g/mol. The van der Waals surface area contributed by atoms with Crippen LogP contribution in [0.4, 0.5) is 5.82 Å². The molecule has 2 heterocycles. The molecule has 1 aromatic carbocycles. The van der Waals surface area contributed by atoms with Crippen LogP contribution in [0.5, 0.6) is 0 Å². The van der Waals surface area contributed by atoms with Gasteiger partial charge in [-0.2, -0.15) is 0 Å². The number of carbonyl (C=O) groups excluding carboxylic acids is 1. The topological polar surface area (TPSA) is 61.4 Å². The first kappa shape index (κ1) is 20.3. The maximum atomic E-state index is 12.3. The van der Waals surface area contributed by atoms with Crippen LogP contribution < -0.4 is 10.2 Å². The van der Waals surface area contributed by atoms with Gasteiger partial charge in [-0.15, -0.1) is 0 Å². The third-order valence-electron chi connectivity index (χ3n) is 5.66. The van der Waals surface area contributed by atoms with E-state index in [1.54, 1.807) is 14.1 Å². The maximum Gasteiger partial charge on any atom is 0.291 e. The molecule has 0 radical (unpaired) electrons. The maximum absolute atomic E-state index is 12.3. The van der Waals surface area contributed by atoms with Crippen molar-refractivity contribution < 1.29 is 4.79 Å². The molecule has 2 aromatic rings. The van der Waals surface area contributed by atoms with Crippen LogP contribution in [-0.2, 0) is 6.54 Å². The minimum absolute atomic E-state index is 0.159. The number of benzene rings is 1. The van der Waals surface area contributed by atoms with Crippen LogP contribution in [0.1, 0.15) is 45.0 Å². The molecular formula is C22H31N5O. The quantitative estimate of drug-likeness (QED) is 0.863. The lowest BCUT2D eigenvalue weighted by Crippen LogP contribution is -2.33. The molecule has 0 saturated carbocycles. The summed E-state index contributed by atoms with van der Waals surface area (Å²) in [5.74, 6) is 0.998. The van der Waals surface area contributed by atoms with Gasteiger partial charge < -0.3 is 15.1 Å². The normalized spacial score (nSPS) is 16.5. The SMILES string of the molecule is Cc1cccc(C)c1CN[C@@H]1CCN(c2nc(C(=O)N(C)C)nc(C)c2C)C1. The Bertz CT molecular complexity index is 857. The molecule has 1 saturated heterocycles. The van der Waals surface area contributed by atoms with Gasteiger partial charge in [0.1, 0.15) is 5.82 Å². The second-order valence-electron chi connectivity index (χ2n) is 7.96. The van der Waals surface area contributed by atoms with Crippen molar-refractivity contribution in [1.29, 1.82) is 0 Å². The number of nitrogens with one attached hydrogen (secondary N) is 1. The van der Waals surface area contributed by atoms with Crippen molar-refractivity contribution >= 4 is 11.7 Å². The zero-order valence-corrected chi connectivity index (χ0v) is 17.8. The van der Waals surface area contributed by atoms with Gasteiger partial charge in [-0.3, -0.25) is 4.79 Å². The van der Waals surface area contributed by atoms with E-state index >= 15 is 0 Å². The van der Waals surface area contributed by atoms with Crippen LogP contribution in [0, 0.1) is 27.7 Å². The summed E-state index contributed by atoms with van der Waals surface area (Å²) >= 11 is 0. The molecule has 1 aliphatic rings. The summed E-state index contributed by atoms with van der Waals surface area (Å²) in [7, 11) is 3.45. The zero-order valence-electron chi connectivity index (χ0n) is 17.8. The summed E-state index contributed by atoms with van der Waals surface area (Å²) in [6.07, 6.45) is 1.06. The molecule has 1 aromatic heterocycles. The average Bonchev–Trinajstić information content (AvgIpc) is 3.11. The molecule has 1 atom stereocenters. The fourth-order valence-electron chi connectivity index (χ4n) is 3.71. The van der Waals surface area contributed by atoms with Crippen molar-refractivity contribution in [3.63, 3.8) is 0 Å². The van der Waals surface area contributed by atoms with E-state index in [0.29, 0.717) is 6.04 Å². The molecule has 1 N–H and O–H groups in total. The van der Waals surface area contributed by atoms with Gasteiger partial charge in [-0.1, -0.05) is 18.2 Å². The Balaban J connectivity index is 1.72. The second kappa shape index (κ2) is 8.27. The summed E-state index contributed by atoms with van der Waals surface area (Å²) < 4.78 is 0. The highest BCUT2D eigenvalue weighted by Gasteiger charge is 2.26. The van der Waals surface area contributed by atoms with Crippen LogP contribution in [0.3, 0.4) is 0 Å². The van der Waals surface area contributed by atoms with Gasteiger partial charge in [-0.25, -0.2) is 9.97 Å². The summed E-state index contributed by atoms with van der Waals surface area (Å²) in [6.45, 7) is 11.0. The van der Waals surface area contributed by atoms with Gasteiger partial charge in [0.15, 0.2) is 0 Å². The lowest BCUT2D eigenvalue weighted by Gasteiger charge is -2.22. The Labute approximate surface area is 168 Å². The lowest BCUT2D eigenvalue weighted by molar-refractivity contribution is 0.0815. The lowest BCUT2D eigenvalue weighted by atomic mass is 10.0. The van der Waals surface area contributed by atoms with Crippen molar-refractivity contribution in [1.82, 2.24) is 20.2 Å². The predicted molar refractivity (Wildman–Crippen MR) is 113 cm³/mol. The Morgan fingerprint density at radius 3 is 2.50 bits per heavy atom. The van der Waals surface area contributed by atoms with Gasteiger partial charge in [0, 0.05) is 51.0 Å². The fraction of sp³-hybridized carbons (Fsp3) is 0.500. The number of aromatic nitrogens is 2. The van der Waals surface area contributed by atoms with Gasteiger partial charge in [0.25, 0.3) is 5.91 Å². The minimum atomic E-state index is -0.159. The number of aryl methyl sites for hydroxylation is 3. The molecule has 0 aliphatic carbocycles. The van der Waals surface area contributed by atoms with E-state index < -0.39 is 0 Å². The number of anilines is 1. The van der Waals surface area contributed by atoms with Gasteiger partial charge in [0.2, 0.25) is 5.82 Å². The summed E-state index contributed by atoms with van der Waals surface area (Å²) in [5, 5.41) is 3.71. The number of hydrogen-bond donors (Lipinski definition) is 1. The van der Waals surface area contributed by atoms with E-state index in [0.717, 1.165) is 43.1 Å². The van der Waals surface area contributed by atoms with Crippen molar-refractivity contribution in [2.45, 2.75) is 46.7 Å². The highest BCUT2D eigenvalue weighted by Crippen LogP contribution is 2.24. The highest BCUT2D eigenvalue weighted by atomic mass is 16.2. The summed E-state index contributed by atoms with van der Waals surface area (Å²) in [6, 6.07) is 6.85. The number of nitrogens with zero attached hydrogens (tertiary/aromatic N) is 4. The third-order valence-corrected chi connectivity index (χ3v) is 5.66. The van der Waals surface area contributed by atoms with Gasteiger partial charge >= 0.3 is 0 Å². The van der Waals surface area contributed by atoms with Gasteiger partial charge in [0.05, 0.1) is 0 Å². The first-order valence-electron chi connectivity index (χ1n) is 9.88. The zero-order chi connectivity index (χ0) is 20.4. The van der Waals surface area contributed by atoms with Crippen LogP contribution in [0.15, 0.2) is 18.2 Å². The first-order valence-corrected chi connectivity index (χ1v) is 9.88. The molecule has 0 spiro atoms. The van der Waals surface area contributed by atoms with E-state index in [1.165, 1.54) is 21.6 Å². The number of carbonyl (C=O) groups is 1. The Kier molecular flexibility index (Phi) is 5.98. The first-order chi connectivity index (χ1) is 13.3. The molecule has 1 fully saturated rings. The number of rotatable bonds is 5. The third kappa shape index (κ3) is 4.17. The van der Waals surface area contributed by atoms with E-state index in [2.05, 4.69) is 52.2 Å². The Morgan fingerprint density at radius 1 is 1.18 bits per heavy atom. The van der Waals surface area contributed by atoms with E-state index in [4.69, 9.17) is 0 Å². The molecule has 1 aliphatic heterocycles. The number of hydrogen-bond acceptors (Lipinski definition) is 5. The largest absolute Gasteiger partial charge is 0.355 e. The summed E-state index contributed by atoms with van der Waals surface area (Å²) in [5.41, 5.74) is 5.95. The monoisotopic (exact) mass is 381 g/mol. The fourth-order valence-corrected chi connectivity index (χ4v) is 3.71. The smallest absolute Gasteiger partial charge is 0.291 e. The minimum Gasteiger partial charge on any atom is -0.355 e. The Morgan fingerprint density at radius 2 is 1.86 bits per heavy atom. The van der Waals surface area contributed by atoms with Crippen LogP contribution in [0.2, 0.25) is 0 Å². The molecule has 1 amide bonds. The Hall–Kier alpha value is -2.47. The van der Waals surface area contributed by atoms with Crippen LogP contribution in [-0.4, -0.2) is 54.0 Å². The predicted octanol–water partition coefficient (Wildman–Crippen LogP) is 2.78. The molecule has 150 valence electrons. The average molecular weight is 382 g/mol. The van der Waals surface area contributed by atoms with Crippen molar-refractivity contribution in [3.8, 4) is 0 Å². The van der Waals surface area contributed by atoms with E-state index in [1.807, 2.05) is 13.8 Å². The van der Waals surface area contributed by atoms with Gasteiger partial charge in [-0.05, 0) is 50.8 Å². The van der Waals surface area contributed by atoms with Crippen molar-refractivity contribution in [2.75, 3.05) is 32.1 Å². The standard InChI is InChI=1S/C22H31N5O/c1-14-8-7-9-15(2)19(14)12-23-18-10-11-27(13-18)21-16(3)17(4)24-20(25-21)22(28)26(5)6/h7-9,18,23H,10-13H2,1-6H3/t18-/m1/s1.